The Kier molecular flexibility index (Phi) is 5.02. The topological polar surface area (TPSA) is 20.2 Å². The van der Waals surface area contributed by atoms with Crippen molar-refractivity contribution in [3.8, 4) is 0 Å². The van der Waals surface area contributed by atoms with Crippen LogP contribution < -0.4 is 0 Å². The maximum absolute atomic E-state index is 12.6. The number of aryl methyl sites for hydroxylation is 1. The standard InChI is InChI=1S/C15H21F3O/c1-4-5-6-9-14(3,19)13-8-7-12(10-11(13)2)15(16,17)18/h7-8,10,19H,4-6,9H2,1-3H3. The van der Waals surface area contributed by atoms with Gasteiger partial charge in [0.25, 0.3) is 0 Å². The van der Waals surface area contributed by atoms with Crippen molar-refractivity contribution < 1.29 is 18.3 Å². The summed E-state index contributed by atoms with van der Waals surface area (Å²) in [7, 11) is 0. The van der Waals surface area contributed by atoms with E-state index in [4.69, 9.17) is 0 Å². The van der Waals surface area contributed by atoms with Gasteiger partial charge in [0.1, 0.15) is 0 Å². The molecule has 19 heavy (non-hydrogen) atoms. The highest BCUT2D eigenvalue weighted by atomic mass is 19.4. The first-order chi connectivity index (χ1) is 8.68. The minimum atomic E-state index is -4.34. The molecule has 0 heterocycles. The summed E-state index contributed by atoms with van der Waals surface area (Å²) in [5, 5.41) is 10.4. The van der Waals surface area contributed by atoms with Crippen molar-refractivity contribution in [3.63, 3.8) is 0 Å². The Morgan fingerprint density at radius 2 is 1.79 bits per heavy atom. The molecule has 1 atom stereocenters. The number of halogens is 3. The first-order valence-corrected chi connectivity index (χ1v) is 6.59. The molecule has 0 radical (unpaired) electrons. The van der Waals surface area contributed by atoms with E-state index in [0.717, 1.165) is 31.4 Å². The lowest BCUT2D eigenvalue weighted by atomic mass is 9.86. The number of unbranched alkanes of at least 4 members (excludes halogenated alkanes) is 2. The molecule has 1 rings (SSSR count). The van der Waals surface area contributed by atoms with Gasteiger partial charge in [-0.15, -0.1) is 0 Å². The molecule has 1 unspecified atom stereocenters. The molecule has 0 aromatic heterocycles. The molecular weight excluding hydrogens is 253 g/mol. The second-order valence-electron chi connectivity index (χ2n) is 5.26. The van der Waals surface area contributed by atoms with Crippen molar-refractivity contribution >= 4 is 0 Å². The smallest absolute Gasteiger partial charge is 0.385 e. The van der Waals surface area contributed by atoms with Gasteiger partial charge in [0.2, 0.25) is 0 Å². The van der Waals surface area contributed by atoms with Gasteiger partial charge >= 0.3 is 6.18 Å². The summed E-state index contributed by atoms with van der Waals surface area (Å²) >= 11 is 0. The van der Waals surface area contributed by atoms with E-state index in [1.54, 1.807) is 13.8 Å². The number of hydrogen-bond acceptors (Lipinski definition) is 1. The van der Waals surface area contributed by atoms with E-state index in [0.29, 0.717) is 17.5 Å². The fourth-order valence-electron chi connectivity index (χ4n) is 2.30. The van der Waals surface area contributed by atoms with E-state index in [-0.39, 0.29) is 0 Å². The van der Waals surface area contributed by atoms with Crippen molar-refractivity contribution in [1.82, 2.24) is 0 Å². The summed E-state index contributed by atoms with van der Waals surface area (Å²) in [6, 6.07) is 3.53. The van der Waals surface area contributed by atoms with Crippen molar-refractivity contribution in [1.29, 1.82) is 0 Å². The Bertz CT molecular complexity index is 422. The van der Waals surface area contributed by atoms with Crippen molar-refractivity contribution in [2.45, 2.75) is 58.2 Å². The van der Waals surface area contributed by atoms with Crippen LogP contribution in [0.4, 0.5) is 13.2 Å². The van der Waals surface area contributed by atoms with Crippen molar-refractivity contribution in [2.75, 3.05) is 0 Å². The summed E-state index contributed by atoms with van der Waals surface area (Å²) < 4.78 is 37.7. The zero-order chi connectivity index (χ0) is 14.7. The van der Waals surface area contributed by atoms with Gasteiger partial charge in [-0.3, -0.25) is 0 Å². The SMILES string of the molecule is CCCCCC(C)(O)c1ccc(C(F)(F)F)cc1C. The third-order valence-electron chi connectivity index (χ3n) is 3.40. The lowest BCUT2D eigenvalue weighted by Crippen LogP contribution is -2.22. The van der Waals surface area contributed by atoms with Crippen LogP contribution in [0.1, 0.15) is 56.2 Å². The number of benzene rings is 1. The predicted molar refractivity (Wildman–Crippen MR) is 69.9 cm³/mol. The predicted octanol–water partition coefficient (Wildman–Crippen LogP) is 4.80. The monoisotopic (exact) mass is 274 g/mol. The minimum Gasteiger partial charge on any atom is -0.385 e. The number of aliphatic hydroxyl groups is 1. The van der Waals surface area contributed by atoms with Gasteiger partial charge in [-0.05, 0) is 43.5 Å². The second-order valence-corrected chi connectivity index (χ2v) is 5.26. The van der Waals surface area contributed by atoms with Crippen LogP contribution in [0.5, 0.6) is 0 Å². The molecular formula is C15H21F3O. The average molecular weight is 274 g/mol. The first-order valence-electron chi connectivity index (χ1n) is 6.59. The van der Waals surface area contributed by atoms with Crippen LogP contribution in [0.25, 0.3) is 0 Å². The molecule has 4 heteroatoms. The molecule has 108 valence electrons. The third kappa shape index (κ3) is 4.23. The van der Waals surface area contributed by atoms with E-state index < -0.39 is 17.3 Å². The molecule has 0 saturated heterocycles. The minimum absolute atomic E-state index is 0.483. The van der Waals surface area contributed by atoms with Crippen LogP contribution in [0, 0.1) is 6.92 Å². The lowest BCUT2D eigenvalue weighted by Gasteiger charge is -2.26. The first kappa shape index (κ1) is 16.0. The highest BCUT2D eigenvalue weighted by Gasteiger charge is 2.32. The molecule has 1 aromatic carbocycles. The summed E-state index contributed by atoms with van der Waals surface area (Å²) in [4.78, 5) is 0. The van der Waals surface area contributed by atoms with Crippen LogP contribution in [0.2, 0.25) is 0 Å². The van der Waals surface area contributed by atoms with Crippen molar-refractivity contribution in [3.05, 3.63) is 34.9 Å². The van der Waals surface area contributed by atoms with E-state index in [2.05, 4.69) is 6.92 Å². The molecule has 0 fully saturated rings. The Balaban J connectivity index is 2.95. The summed E-state index contributed by atoms with van der Waals surface area (Å²) in [5.41, 5.74) is -0.672. The second kappa shape index (κ2) is 5.95. The van der Waals surface area contributed by atoms with Crippen LogP contribution in [-0.4, -0.2) is 5.11 Å². The molecule has 1 nitrogen and oxygen atoms in total. The van der Waals surface area contributed by atoms with Gasteiger partial charge in [0.05, 0.1) is 11.2 Å². The van der Waals surface area contributed by atoms with E-state index >= 15 is 0 Å². The molecule has 0 aliphatic carbocycles. The lowest BCUT2D eigenvalue weighted by molar-refractivity contribution is -0.137. The Hall–Kier alpha value is -1.03. The van der Waals surface area contributed by atoms with Crippen molar-refractivity contribution in [2.24, 2.45) is 0 Å². The zero-order valence-corrected chi connectivity index (χ0v) is 11.6. The summed E-state index contributed by atoms with van der Waals surface area (Å²) in [6.07, 6.45) is -0.855. The molecule has 0 bridgehead atoms. The fraction of sp³-hybridized carbons (Fsp3) is 0.600. The van der Waals surface area contributed by atoms with Crippen LogP contribution in [0.3, 0.4) is 0 Å². The highest BCUT2D eigenvalue weighted by molar-refractivity contribution is 5.36. The van der Waals surface area contributed by atoms with Gasteiger partial charge in [0.15, 0.2) is 0 Å². The molecule has 1 aromatic rings. The molecule has 1 N–H and O–H groups in total. The number of alkyl halides is 3. The van der Waals surface area contributed by atoms with E-state index in [1.165, 1.54) is 6.07 Å². The summed E-state index contributed by atoms with van der Waals surface area (Å²) in [6.45, 7) is 5.34. The molecule has 0 amide bonds. The zero-order valence-electron chi connectivity index (χ0n) is 11.6. The molecule has 0 spiro atoms. The van der Waals surface area contributed by atoms with Gasteiger partial charge in [-0.25, -0.2) is 0 Å². The number of hydrogen-bond donors (Lipinski definition) is 1. The van der Waals surface area contributed by atoms with Gasteiger partial charge in [0, 0.05) is 0 Å². The average Bonchev–Trinajstić information content (AvgIpc) is 2.27. The van der Waals surface area contributed by atoms with Crippen LogP contribution in [0.15, 0.2) is 18.2 Å². The van der Waals surface area contributed by atoms with Gasteiger partial charge in [-0.2, -0.15) is 13.2 Å². The maximum Gasteiger partial charge on any atom is 0.416 e. The Labute approximate surface area is 112 Å². The van der Waals surface area contributed by atoms with E-state index in [1.807, 2.05) is 0 Å². The van der Waals surface area contributed by atoms with Crippen LogP contribution in [-0.2, 0) is 11.8 Å². The molecule has 0 aliphatic heterocycles. The largest absolute Gasteiger partial charge is 0.416 e. The quantitative estimate of drug-likeness (QED) is 0.764. The number of rotatable bonds is 5. The molecule has 0 saturated carbocycles. The highest BCUT2D eigenvalue weighted by Crippen LogP contribution is 2.34. The molecule has 0 aliphatic rings. The van der Waals surface area contributed by atoms with Crippen LogP contribution >= 0.6 is 0 Å². The Morgan fingerprint density at radius 3 is 2.26 bits per heavy atom. The summed E-state index contributed by atoms with van der Waals surface area (Å²) in [5.74, 6) is 0. The van der Waals surface area contributed by atoms with Gasteiger partial charge in [-0.1, -0.05) is 32.3 Å². The van der Waals surface area contributed by atoms with E-state index in [9.17, 15) is 18.3 Å². The fourth-order valence-corrected chi connectivity index (χ4v) is 2.30. The van der Waals surface area contributed by atoms with Gasteiger partial charge < -0.3 is 5.11 Å². The Morgan fingerprint density at radius 1 is 1.16 bits per heavy atom. The maximum atomic E-state index is 12.6. The normalized spacial score (nSPS) is 15.3. The third-order valence-corrected chi connectivity index (χ3v) is 3.40.